The van der Waals surface area contributed by atoms with Crippen molar-refractivity contribution in [3.63, 3.8) is 0 Å². The maximum Gasteiger partial charge on any atom is 0.247 e. The van der Waals surface area contributed by atoms with Crippen molar-refractivity contribution in [2.45, 2.75) is 0 Å². The Morgan fingerprint density at radius 1 is 1.11 bits per heavy atom. The minimum atomic E-state index is -0.356. The highest BCUT2D eigenvalue weighted by molar-refractivity contribution is 6.41. The average Bonchev–Trinajstić information content (AvgIpc) is 3.51. The van der Waals surface area contributed by atoms with Gasteiger partial charge in [0, 0.05) is 41.9 Å². The van der Waals surface area contributed by atoms with Gasteiger partial charge in [0.05, 0.1) is 36.0 Å². The number of pyridine rings is 2. The number of hydrogen-bond acceptors (Lipinski definition) is 8. The predicted molar refractivity (Wildman–Crippen MR) is 142 cm³/mol. The third kappa shape index (κ3) is 4.28. The van der Waals surface area contributed by atoms with Crippen LogP contribution in [0, 0.1) is 0 Å². The van der Waals surface area contributed by atoms with Gasteiger partial charge in [-0.3, -0.25) is 9.48 Å². The van der Waals surface area contributed by atoms with Gasteiger partial charge in [-0.2, -0.15) is 10.2 Å². The topological polar surface area (TPSA) is 120 Å². The van der Waals surface area contributed by atoms with Gasteiger partial charge in [-0.15, -0.1) is 0 Å². The summed E-state index contributed by atoms with van der Waals surface area (Å²) in [6, 6.07) is 5.29. The lowest BCUT2D eigenvalue weighted by atomic mass is 10.0. The summed E-state index contributed by atoms with van der Waals surface area (Å²) in [5.74, 6) is 1.35. The number of nitrogens with zero attached hydrogens (tertiary/aromatic N) is 6. The Morgan fingerprint density at radius 3 is 2.51 bits per heavy atom. The summed E-state index contributed by atoms with van der Waals surface area (Å²) in [4.78, 5) is 20.8. The normalized spacial score (nSPS) is 11.1. The van der Waals surface area contributed by atoms with Gasteiger partial charge in [-0.05, 0) is 12.1 Å². The second-order valence-electron chi connectivity index (χ2n) is 7.85. The number of carbonyl (C=O) groups is 1. The summed E-state index contributed by atoms with van der Waals surface area (Å²) in [6.07, 6.45) is 5.96. The molecule has 5 aromatic rings. The van der Waals surface area contributed by atoms with Crippen LogP contribution in [0.1, 0.15) is 0 Å². The van der Waals surface area contributed by atoms with Crippen LogP contribution in [0.2, 0.25) is 10.0 Å². The molecular formula is C24H20Cl2N8O3. The van der Waals surface area contributed by atoms with E-state index in [1.165, 1.54) is 26.6 Å². The number of ether oxygens (including phenoxy) is 2. The predicted octanol–water partition coefficient (Wildman–Crippen LogP) is 4.87. The number of halogens is 2. The number of hydrogen-bond donors (Lipinski definition) is 2. The molecule has 0 aliphatic heterocycles. The first-order chi connectivity index (χ1) is 17.8. The van der Waals surface area contributed by atoms with E-state index in [1.807, 2.05) is 6.07 Å². The van der Waals surface area contributed by atoms with Crippen LogP contribution in [0.25, 0.3) is 27.7 Å². The van der Waals surface area contributed by atoms with Crippen molar-refractivity contribution >= 4 is 63.0 Å². The molecule has 0 bridgehead atoms. The molecule has 0 fully saturated rings. The molecule has 13 heteroatoms. The number of methoxy groups -OCH3 is 2. The maximum absolute atomic E-state index is 11.8. The van der Waals surface area contributed by atoms with Crippen LogP contribution < -0.4 is 20.1 Å². The highest BCUT2D eigenvalue weighted by Crippen LogP contribution is 2.47. The summed E-state index contributed by atoms with van der Waals surface area (Å²) in [7, 11) is 4.77. The van der Waals surface area contributed by atoms with Crippen molar-refractivity contribution in [2.75, 3.05) is 24.9 Å². The molecule has 0 spiro atoms. The first-order valence-electron chi connectivity index (χ1n) is 10.8. The Morgan fingerprint density at radius 2 is 1.84 bits per heavy atom. The number of amides is 1. The zero-order chi connectivity index (χ0) is 26.3. The van der Waals surface area contributed by atoms with Gasteiger partial charge in [-0.25, -0.2) is 14.5 Å². The van der Waals surface area contributed by atoms with Crippen LogP contribution in [-0.4, -0.2) is 49.5 Å². The van der Waals surface area contributed by atoms with Crippen LogP contribution >= 0.6 is 23.2 Å². The lowest BCUT2D eigenvalue weighted by Gasteiger charge is -2.16. The number of benzene rings is 1. The van der Waals surface area contributed by atoms with E-state index >= 15 is 0 Å². The molecule has 2 N–H and O–H groups in total. The van der Waals surface area contributed by atoms with E-state index in [-0.39, 0.29) is 5.91 Å². The minimum Gasteiger partial charge on any atom is -0.495 e. The monoisotopic (exact) mass is 538 g/mol. The van der Waals surface area contributed by atoms with E-state index < -0.39 is 0 Å². The molecule has 4 heterocycles. The van der Waals surface area contributed by atoms with Gasteiger partial charge in [-0.1, -0.05) is 29.8 Å². The Kier molecular flexibility index (Phi) is 6.32. The summed E-state index contributed by atoms with van der Waals surface area (Å²) >= 11 is 13.4. The first-order valence-corrected chi connectivity index (χ1v) is 11.6. The second kappa shape index (κ2) is 9.60. The zero-order valence-electron chi connectivity index (χ0n) is 19.9. The second-order valence-corrected chi connectivity index (χ2v) is 8.61. The molecule has 37 heavy (non-hydrogen) atoms. The SMILES string of the molecule is C=CC(=O)Nc1cn(C)nc1Nc1cc2c(cn1)cc(-c1c(Cl)c(OC)cc(OC)c1Cl)c1ncnn12. The lowest BCUT2D eigenvalue weighted by molar-refractivity contribution is -0.111. The number of nitrogens with one attached hydrogen (secondary N) is 2. The van der Waals surface area contributed by atoms with Crippen molar-refractivity contribution < 1.29 is 14.3 Å². The third-order valence-corrected chi connectivity index (χ3v) is 6.34. The van der Waals surface area contributed by atoms with Gasteiger partial charge < -0.3 is 20.1 Å². The molecular weight excluding hydrogens is 519 g/mol. The van der Waals surface area contributed by atoms with Crippen molar-refractivity contribution in [1.82, 2.24) is 29.4 Å². The van der Waals surface area contributed by atoms with E-state index in [0.717, 1.165) is 5.39 Å². The van der Waals surface area contributed by atoms with Gasteiger partial charge in [0.25, 0.3) is 0 Å². The largest absolute Gasteiger partial charge is 0.495 e. The molecule has 0 aliphatic carbocycles. The Labute approximate surface area is 220 Å². The van der Waals surface area contributed by atoms with Crippen LogP contribution in [-0.2, 0) is 11.8 Å². The van der Waals surface area contributed by atoms with Gasteiger partial charge >= 0.3 is 0 Å². The molecule has 1 aromatic carbocycles. The lowest BCUT2D eigenvalue weighted by Crippen LogP contribution is -2.08. The standard InChI is InChI=1S/C24H20Cl2N8O3/c1-5-19(35)30-14-10-33(2)32-23(14)31-18-7-15-12(9-27-18)6-13(24-28-11-29-34(15)24)20-21(25)16(36-3)8-17(37-4)22(20)26/h5-11H,1H2,2-4H3,(H,30,35)(H,27,31,32). The average molecular weight is 539 g/mol. The molecule has 5 rings (SSSR count). The van der Waals surface area contributed by atoms with Crippen LogP contribution in [0.5, 0.6) is 11.5 Å². The quantitative estimate of drug-likeness (QED) is 0.281. The van der Waals surface area contributed by atoms with Crippen molar-refractivity contribution in [1.29, 1.82) is 0 Å². The minimum absolute atomic E-state index is 0.313. The highest BCUT2D eigenvalue weighted by atomic mass is 35.5. The first kappa shape index (κ1) is 24.3. The molecule has 1 amide bonds. The molecule has 0 radical (unpaired) electrons. The van der Waals surface area contributed by atoms with E-state index in [0.29, 0.717) is 61.2 Å². The highest BCUT2D eigenvalue weighted by Gasteiger charge is 2.23. The van der Waals surface area contributed by atoms with Crippen LogP contribution in [0.3, 0.4) is 0 Å². The number of carbonyl (C=O) groups excluding carboxylic acids is 1. The van der Waals surface area contributed by atoms with Crippen molar-refractivity contribution in [3.05, 3.63) is 59.6 Å². The van der Waals surface area contributed by atoms with Gasteiger partial charge in [0.1, 0.15) is 29.3 Å². The summed E-state index contributed by atoms with van der Waals surface area (Å²) in [6.45, 7) is 3.48. The Bertz CT molecular complexity index is 1670. The number of fused-ring (bicyclic) bond motifs is 3. The Hall–Kier alpha value is -4.35. The fourth-order valence-electron chi connectivity index (χ4n) is 3.92. The molecule has 11 nitrogen and oxygen atoms in total. The smallest absolute Gasteiger partial charge is 0.247 e. The summed E-state index contributed by atoms with van der Waals surface area (Å²) in [5.41, 5.74) is 2.83. The van der Waals surface area contributed by atoms with E-state index in [2.05, 4.69) is 37.4 Å². The summed E-state index contributed by atoms with van der Waals surface area (Å²) in [5, 5.41) is 16.0. The number of aryl methyl sites for hydroxylation is 1. The third-order valence-electron chi connectivity index (χ3n) is 5.59. The molecule has 0 aliphatic rings. The molecule has 0 atom stereocenters. The number of anilines is 3. The molecule has 4 aromatic heterocycles. The van der Waals surface area contributed by atoms with E-state index in [4.69, 9.17) is 32.7 Å². The fraction of sp³-hybridized carbons (Fsp3) is 0.125. The maximum atomic E-state index is 11.8. The molecule has 0 unspecified atom stereocenters. The molecule has 0 saturated carbocycles. The van der Waals surface area contributed by atoms with Crippen LogP contribution in [0.4, 0.5) is 17.3 Å². The van der Waals surface area contributed by atoms with Crippen molar-refractivity contribution in [2.24, 2.45) is 7.05 Å². The Balaban J connectivity index is 1.64. The summed E-state index contributed by atoms with van der Waals surface area (Å²) < 4.78 is 14.1. The van der Waals surface area contributed by atoms with E-state index in [1.54, 1.807) is 40.8 Å². The fourth-order valence-corrected chi connectivity index (χ4v) is 4.63. The van der Waals surface area contributed by atoms with Gasteiger partial charge in [0.2, 0.25) is 5.91 Å². The van der Waals surface area contributed by atoms with Gasteiger partial charge in [0.15, 0.2) is 11.5 Å². The van der Waals surface area contributed by atoms with E-state index in [9.17, 15) is 4.79 Å². The number of aromatic nitrogens is 6. The number of rotatable bonds is 7. The van der Waals surface area contributed by atoms with Crippen LogP contribution in [0.15, 0.2) is 49.6 Å². The van der Waals surface area contributed by atoms with Crippen molar-refractivity contribution in [3.8, 4) is 22.6 Å². The molecule has 0 saturated heterocycles. The zero-order valence-corrected chi connectivity index (χ0v) is 21.4. The molecule has 188 valence electrons.